The number of amides is 2. The second kappa shape index (κ2) is 10.7. The molecule has 0 aliphatic carbocycles. The second-order valence-corrected chi connectivity index (χ2v) is 7.30. The fourth-order valence-electron chi connectivity index (χ4n) is 2.46. The largest absolute Gasteiger partial charge is 0.345 e. The average Bonchev–Trinajstić information content (AvgIpc) is 2.64. The molecule has 0 aliphatic rings. The Balaban J connectivity index is 1.61. The number of thioether (sulfide) groups is 1. The maximum atomic E-state index is 12.1. The van der Waals surface area contributed by atoms with Crippen molar-refractivity contribution in [3.63, 3.8) is 0 Å². The molecule has 138 valence electrons. The molecule has 0 aliphatic heterocycles. The first-order valence-corrected chi connectivity index (χ1v) is 9.92. The maximum absolute atomic E-state index is 12.1. The molecule has 0 radical (unpaired) electrons. The van der Waals surface area contributed by atoms with Gasteiger partial charge in [0.15, 0.2) is 0 Å². The number of hydrogen-bond acceptors (Lipinski definition) is 3. The second-order valence-electron chi connectivity index (χ2n) is 6.31. The highest BCUT2D eigenvalue weighted by Gasteiger charge is 2.10. The summed E-state index contributed by atoms with van der Waals surface area (Å²) in [4.78, 5) is 25.8. The van der Waals surface area contributed by atoms with E-state index in [1.807, 2.05) is 56.4 Å². The number of nitrogens with zero attached hydrogens (tertiary/aromatic N) is 1. The van der Waals surface area contributed by atoms with Crippen molar-refractivity contribution in [2.75, 3.05) is 30.4 Å². The molecule has 2 aromatic rings. The summed E-state index contributed by atoms with van der Waals surface area (Å²) >= 11 is 1.35. The van der Waals surface area contributed by atoms with Crippen LogP contribution in [0.3, 0.4) is 0 Å². The molecular weight excluding hydrogens is 344 g/mol. The summed E-state index contributed by atoms with van der Waals surface area (Å²) in [6, 6.07) is 17.9. The van der Waals surface area contributed by atoms with Gasteiger partial charge < -0.3 is 10.2 Å². The van der Waals surface area contributed by atoms with E-state index in [9.17, 15) is 9.59 Å². The molecule has 0 aromatic heterocycles. The number of nitrogens with one attached hydrogen (secondary N) is 1. The maximum Gasteiger partial charge on any atom is 0.234 e. The highest BCUT2D eigenvalue weighted by molar-refractivity contribution is 8.00. The molecule has 26 heavy (non-hydrogen) atoms. The van der Waals surface area contributed by atoms with E-state index >= 15 is 0 Å². The first-order valence-electron chi connectivity index (χ1n) is 8.77. The molecule has 2 aromatic carbocycles. The van der Waals surface area contributed by atoms with Gasteiger partial charge in [-0.05, 0) is 37.5 Å². The van der Waals surface area contributed by atoms with Crippen LogP contribution in [-0.2, 0) is 16.0 Å². The number of rotatable bonds is 9. The molecular formula is C21H26N2O2S. The van der Waals surface area contributed by atoms with Crippen molar-refractivity contribution in [2.24, 2.45) is 0 Å². The van der Waals surface area contributed by atoms with Gasteiger partial charge in [-0.1, -0.05) is 48.0 Å². The van der Waals surface area contributed by atoms with E-state index in [0.717, 1.165) is 30.6 Å². The number of carbonyl (C=O) groups excluding carboxylic acids is 2. The molecule has 1 N–H and O–H groups in total. The lowest BCUT2D eigenvalue weighted by molar-refractivity contribution is -0.127. The minimum Gasteiger partial charge on any atom is -0.345 e. The summed E-state index contributed by atoms with van der Waals surface area (Å²) in [6.07, 6.45) is 1.90. The predicted molar refractivity (Wildman–Crippen MR) is 110 cm³/mol. The third kappa shape index (κ3) is 7.31. The van der Waals surface area contributed by atoms with Gasteiger partial charge in [0.05, 0.1) is 11.5 Å². The Morgan fingerprint density at radius 2 is 1.69 bits per heavy atom. The topological polar surface area (TPSA) is 49.4 Å². The van der Waals surface area contributed by atoms with Gasteiger partial charge in [-0.25, -0.2) is 0 Å². The van der Waals surface area contributed by atoms with E-state index in [-0.39, 0.29) is 17.6 Å². The molecule has 2 rings (SSSR count). The zero-order valence-electron chi connectivity index (χ0n) is 15.4. The van der Waals surface area contributed by atoms with Crippen LogP contribution in [0.25, 0.3) is 0 Å². The first kappa shape index (κ1) is 20.0. The molecule has 0 bridgehead atoms. The zero-order valence-corrected chi connectivity index (χ0v) is 16.2. The summed E-state index contributed by atoms with van der Waals surface area (Å²) in [5, 5.41) is 2.84. The van der Waals surface area contributed by atoms with Crippen molar-refractivity contribution < 1.29 is 9.59 Å². The quantitative estimate of drug-likeness (QED) is 0.731. The van der Waals surface area contributed by atoms with E-state index in [2.05, 4.69) is 17.4 Å². The molecule has 4 nitrogen and oxygen atoms in total. The summed E-state index contributed by atoms with van der Waals surface area (Å²) in [5.74, 6) is 0.574. The number of carbonyl (C=O) groups is 2. The standard InChI is InChI=1S/C21H26N2O2S/c1-17-10-12-19(13-11-17)22-20(24)15-26-16-21(25)23(2)14-6-9-18-7-4-3-5-8-18/h3-5,7-8,10-13H,6,9,14-16H2,1-2H3,(H,22,24). The van der Waals surface area contributed by atoms with Crippen LogP contribution in [0.2, 0.25) is 0 Å². The lowest BCUT2D eigenvalue weighted by atomic mass is 10.1. The Bertz CT molecular complexity index is 702. The fraction of sp³-hybridized carbons (Fsp3) is 0.333. The predicted octanol–water partition coefficient (Wildman–Crippen LogP) is 3.76. The van der Waals surface area contributed by atoms with Gasteiger partial charge in [0.1, 0.15) is 0 Å². The van der Waals surface area contributed by atoms with Crippen LogP contribution in [0.5, 0.6) is 0 Å². The summed E-state index contributed by atoms with van der Waals surface area (Å²) in [5.41, 5.74) is 3.22. The molecule has 5 heteroatoms. The van der Waals surface area contributed by atoms with Gasteiger partial charge in [0.25, 0.3) is 0 Å². The SMILES string of the molecule is Cc1ccc(NC(=O)CSCC(=O)N(C)CCCc2ccccc2)cc1. The van der Waals surface area contributed by atoms with Gasteiger partial charge >= 0.3 is 0 Å². The van der Waals surface area contributed by atoms with Gasteiger partial charge in [-0.15, -0.1) is 11.8 Å². The number of hydrogen-bond donors (Lipinski definition) is 1. The van der Waals surface area contributed by atoms with Crippen molar-refractivity contribution in [1.82, 2.24) is 4.90 Å². The molecule has 0 spiro atoms. The minimum absolute atomic E-state index is 0.0613. The van der Waals surface area contributed by atoms with Gasteiger partial charge in [0.2, 0.25) is 11.8 Å². The van der Waals surface area contributed by atoms with E-state index in [4.69, 9.17) is 0 Å². The molecule has 0 fully saturated rings. The molecule has 2 amide bonds. The third-order valence-corrected chi connectivity index (χ3v) is 4.94. The van der Waals surface area contributed by atoms with Gasteiger partial charge in [0, 0.05) is 19.3 Å². The lowest BCUT2D eigenvalue weighted by Crippen LogP contribution is -2.30. The Hall–Kier alpha value is -2.27. The van der Waals surface area contributed by atoms with Gasteiger partial charge in [-0.3, -0.25) is 9.59 Å². The third-order valence-electron chi connectivity index (χ3n) is 4.02. The smallest absolute Gasteiger partial charge is 0.234 e. The van der Waals surface area contributed by atoms with E-state index in [1.54, 1.807) is 4.90 Å². The first-order chi connectivity index (χ1) is 12.5. The molecule has 0 saturated carbocycles. The van der Waals surface area contributed by atoms with Crippen molar-refractivity contribution >= 4 is 29.3 Å². The van der Waals surface area contributed by atoms with E-state index in [1.165, 1.54) is 17.3 Å². The Morgan fingerprint density at radius 3 is 2.38 bits per heavy atom. The van der Waals surface area contributed by atoms with E-state index in [0.29, 0.717) is 5.75 Å². The highest BCUT2D eigenvalue weighted by Crippen LogP contribution is 2.10. The highest BCUT2D eigenvalue weighted by atomic mass is 32.2. The minimum atomic E-state index is -0.0848. The summed E-state index contributed by atoms with van der Waals surface area (Å²) < 4.78 is 0. The molecule has 0 saturated heterocycles. The summed E-state index contributed by atoms with van der Waals surface area (Å²) in [6.45, 7) is 2.73. The molecule has 0 heterocycles. The van der Waals surface area contributed by atoms with Crippen LogP contribution in [0.15, 0.2) is 54.6 Å². The molecule has 0 unspecified atom stereocenters. The Kier molecular flexibility index (Phi) is 8.22. The van der Waals surface area contributed by atoms with Crippen molar-refractivity contribution in [2.45, 2.75) is 19.8 Å². The van der Waals surface area contributed by atoms with Crippen LogP contribution >= 0.6 is 11.8 Å². The normalized spacial score (nSPS) is 10.4. The van der Waals surface area contributed by atoms with Crippen LogP contribution in [-0.4, -0.2) is 41.8 Å². The molecule has 0 atom stereocenters. The fourth-order valence-corrected chi connectivity index (χ4v) is 3.22. The monoisotopic (exact) mass is 370 g/mol. The van der Waals surface area contributed by atoms with E-state index < -0.39 is 0 Å². The Labute approximate surface area is 160 Å². The summed E-state index contributed by atoms with van der Waals surface area (Å²) in [7, 11) is 1.82. The Morgan fingerprint density at radius 1 is 1.00 bits per heavy atom. The van der Waals surface area contributed by atoms with Crippen molar-refractivity contribution in [3.8, 4) is 0 Å². The van der Waals surface area contributed by atoms with Crippen LogP contribution in [0.1, 0.15) is 17.5 Å². The lowest BCUT2D eigenvalue weighted by Gasteiger charge is -2.17. The van der Waals surface area contributed by atoms with Gasteiger partial charge in [-0.2, -0.15) is 0 Å². The van der Waals surface area contributed by atoms with Crippen LogP contribution in [0.4, 0.5) is 5.69 Å². The van der Waals surface area contributed by atoms with Crippen molar-refractivity contribution in [3.05, 3.63) is 65.7 Å². The number of anilines is 1. The van der Waals surface area contributed by atoms with Crippen LogP contribution in [0, 0.1) is 6.92 Å². The van der Waals surface area contributed by atoms with Crippen LogP contribution < -0.4 is 5.32 Å². The van der Waals surface area contributed by atoms with Crippen molar-refractivity contribution in [1.29, 1.82) is 0 Å². The zero-order chi connectivity index (χ0) is 18.8. The average molecular weight is 371 g/mol. The number of aryl methyl sites for hydroxylation is 2. The number of benzene rings is 2.